The summed E-state index contributed by atoms with van der Waals surface area (Å²) in [6.07, 6.45) is 0. The third kappa shape index (κ3) is 4.21. The Hall–Kier alpha value is -2.64. The Morgan fingerprint density at radius 1 is 1.04 bits per heavy atom. The molecule has 24 heavy (non-hydrogen) atoms. The molecule has 9 heteroatoms. The van der Waals surface area contributed by atoms with Crippen LogP contribution in [-0.2, 0) is 9.59 Å². The highest BCUT2D eigenvalue weighted by molar-refractivity contribution is 6.44. The van der Waals surface area contributed by atoms with Crippen LogP contribution in [0.3, 0.4) is 0 Å². The zero-order valence-corrected chi connectivity index (χ0v) is 13.8. The number of nitro groups is 1. The Balaban J connectivity index is 2.12. The summed E-state index contributed by atoms with van der Waals surface area (Å²) in [5.41, 5.74) is 0.821. The zero-order chi connectivity index (χ0) is 17.9. The monoisotopic (exact) mass is 367 g/mol. The van der Waals surface area contributed by atoms with Gasteiger partial charge in [-0.3, -0.25) is 19.7 Å². The number of halogens is 2. The molecule has 2 aromatic carbocycles. The van der Waals surface area contributed by atoms with E-state index in [1.54, 1.807) is 19.1 Å². The number of hydrogen-bond acceptors (Lipinski definition) is 4. The number of nitrogens with one attached hydrogen (secondary N) is 2. The van der Waals surface area contributed by atoms with E-state index >= 15 is 0 Å². The highest BCUT2D eigenvalue weighted by atomic mass is 35.5. The van der Waals surface area contributed by atoms with Crippen LogP contribution in [0, 0.1) is 17.0 Å². The summed E-state index contributed by atoms with van der Waals surface area (Å²) in [6, 6.07) is 8.53. The van der Waals surface area contributed by atoms with Crippen molar-refractivity contribution in [1.82, 2.24) is 0 Å². The fourth-order valence-electron chi connectivity index (χ4n) is 1.83. The predicted molar refractivity (Wildman–Crippen MR) is 91.6 cm³/mol. The van der Waals surface area contributed by atoms with Gasteiger partial charge < -0.3 is 10.6 Å². The molecule has 0 unspecified atom stereocenters. The van der Waals surface area contributed by atoms with E-state index < -0.39 is 16.7 Å². The van der Waals surface area contributed by atoms with E-state index in [4.69, 9.17) is 23.2 Å². The van der Waals surface area contributed by atoms with Crippen LogP contribution >= 0.6 is 23.2 Å². The zero-order valence-electron chi connectivity index (χ0n) is 12.3. The normalized spacial score (nSPS) is 10.1. The van der Waals surface area contributed by atoms with Gasteiger partial charge in [0, 0.05) is 22.5 Å². The molecule has 0 aliphatic rings. The number of rotatable bonds is 3. The number of carbonyl (C=O) groups excluding carboxylic acids is 2. The van der Waals surface area contributed by atoms with Gasteiger partial charge in [0.15, 0.2) is 0 Å². The van der Waals surface area contributed by atoms with E-state index in [1.807, 2.05) is 0 Å². The van der Waals surface area contributed by atoms with E-state index in [1.165, 1.54) is 18.2 Å². The van der Waals surface area contributed by atoms with Crippen molar-refractivity contribution in [3.63, 3.8) is 0 Å². The first-order chi connectivity index (χ1) is 11.3. The molecule has 0 aromatic heterocycles. The Morgan fingerprint density at radius 2 is 1.71 bits per heavy atom. The lowest BCUT2D eigenvalue weighted by Crippen LogP contribution is -2.29. The summed E-state index contributed by atoms with van der Waals surface area (Å²) in [4.78, 5) is 34.0. The first-order valence-corrected chi connectivity index (χ1v) is 7.36. The molecule has 0 fully saturated rings. The lowest BCUT2D eigenvalue weighted by Gasteiger charge is -2.09. The number of aryl methyl sites for hydroxylation is 1. The largest absolute Gasteiger partial charge is 0.318 e. The van der Waals surface area contributed by atoms with Crippen LogP contribution in [0.1, 0.15) is 5.56 Å². The molecule has 0 radical (unpaired) electrons. The molecular formula is C15H11Cl2N3O4. The summed E-state index contributed by atoms with van der Waals surface area (Å²) in [6.45, 7) is 1.74. The lowest BCUT2D eigenvalue weighted by atomic mass is 10.2. The Bertz CT molecular complexity index is 839. The van der Waals surface area contributed by atoms with Gasteiger partial charge in [0.05, 0.1) is 4.92 Å². The van der Waals surface area contributed by atoms with Crippen molar-refractivity contribution in [1.29, 1.82) is 0 Å². The number of anilines is 2. The van der Waals surface area contributed by atoms with Crippen molar-refractivity contribution >= 4 is 52.1 Å². The molecule has 0 atom stereocenters. The third-order valence-electron chi connectivity index (χ3n) is 3.05. The van der Waals surface area contributed by atoms with E-state index in [0.717, 1.165) is 11.6 Å². The molecule has 0 spiro atoms. The van der Waals surface area contributed by atoms with Gasteiger partial charge >= 0.3 is 11.8 Å². The highest BCUT2D eigenvalue weighted by Gasteiger charge is 2.18. The molecule has 7 nitrogen and oxygen atoms in total. The van der Waals surface area contributed by atoms with Gasteiger partial charge in [-0.1, -0.05) is 29.3 Å². The van der Waals surface area contributed by atoms with Crippen molar-refractivity contribution in [2.24, 2.45) is 0 Å². The van der Waals surface area contributed by atoms with Crippen LogP contribution in [0.5, 0.6) is 0 Å². The summed E-state index contributed by atoms with van der Waals surface area (Å²) < 4.78 is 0. The number of nitro benzene ring substituents is 1. The number of nitrogens with zero attached hydrogens (tertiary/aromatic N) is 1. The maximum atomic E-state index is 11.9. The SMILES string of the molecule is Cc1ccc(Cl)cc1NC(=O)C(=O)Nc1ccc(Cl)c([N+](=O)[O-])c1. The average molecular weight is 368 g/mol. The molecule has 2 amide bonds. The molecule has 2 rings (SSSR count). The summed E-state index contributed by atoms with van der Waals surface area (Å²) in [5.74, 6) is -1.91. The van der Waals surface area contributed by atoms with E-state index in [0.29, 0.717) is 10.7 Å². The molecule has 2 aromatic rings. The molecule has 0 saturated heterocycles. The maximum absolute atomic E-state index is 11.9. The minimum absolute atomic E-state index is 0.0722. The third-order valence-corrected chi connectivity index (χ3v) is 3.61. The van der Waals surface area contributed by atoms with Crippen LogP contribution < -0.4 is 10.6 Å². The smallest absolute Gasteiger partial charge is 0.314 e. The van der Waals surface area contributed by atoms with Gasteiger partial charge in [0.1, 0.15) is 5.02 Å². The first kappa shape index (κ1) is 17.7. The second kappa shape index (κ2) is 7.29. The molecule has 0 aliphatic heterocycles. The van der Waals surface area contributed by atoms with E-state index in [9.17, 15) is 19.7 Å². The molecule has 124 valence electrons. The Morgan fingerprint density at radius 3 is 2.38 bits per heavy atom. The topological polar surface area (TPSA) is 101 Å². The van der Waals surface area contributed by atoms with Crippen LogP contribution in [-0.4, -0.2) is 16.7 Å². The standard InChI is InChI=1S/C15H11Cl2N3O4/c1-8-2-3-9(16)6-12(8)19-15(22)14(21)18-10-4-5-11(17)13(7-10)20(23)24/h2-7H,1H3,(H,18,21)(H,19,22). The quantitative estimate of drug-likeness (QED) is 0.489. The minimum Gasteiger partial charge on any atom is -0.318 e. The second-order valence-corrected chi connectivity index (χ2v) is 5.63. The van der Waals surface area contributed by atoms with Crippen molar-refractivity contribution < 1.29 is 14.5 Å². The molecule has 0 saturated carbocycles. The van der Waals surface area contributed by atoms with Crippen molar-refractivity contribution in [2.75, 3.05) is 10.6 Å². The summed E-state index contributed by atoms with van der Waals surface area (Å²) in [5, 5.41) is 15.9. The molecule has 2 N–H and O–H groups in total. The van der Waals surface area contributed by atoms with Gasteiger partial charge in [-0.05, 0) is 36.8 Å². The van der Waals surface area contributed by atoms with Crippen LogP contribution in [0.4, 0.5) is 17.1 Å². The van der Waals surface area contributed by atoms with Gasteiger partial charge in [0.2, 0.25) is 0 Å². The molecule has 0 bridgehead atoms. The lowest BCUT2D eigenvalue weighted by molar-refractivity contribution is -0.384. The first-order valence-electron chi connectivity index (χ1n) is 6.60. The second-order valence-electron chi connectivity index (χ2n) is 4.79. The average Bonchev–Trinajstić information content (AvgIpc) is 2.52. The highest BCUT2D eigenvalue weighted by Crippen LogP contribution is 2.27. The predicted octanol–water partition coefficient (Wildman–Crippen LogP) is 3.79. The number of hydrogen-bond donors (Lipinski definition) is 2. The Labute approximate surface area is 146 Å². The summed E-state index contributed by atoms with van der Waals surface area (Å²) in [7, 11) is 0. The number of benzene rings is 2. The van der Waals surface area contributed by atoms with Gasteiger partial charge in [0.25, 0.3) is 5.69 Å². The van der Waals surface area contributed by atoms with Crippen molar-refractivity contribution in [3.8, 4) is 0 Å². The maximum Gasteiger partial charge on any atom is 0.314 e. The van der Waals surface area contributed by atoms with E-state index in [-0.39, 0.29) is 16.4 Å². The number of amides is 2. The minimum atomic E-state index is -0.981. The summed E-state index contributed by atoms with van der Waals surface area (Å²) >= 11 is 11.5. The fourth-order valence-corrected chi connectivity index (χ4v) is 2.18. The van der Waals surface area contributed by atoms with Crippen LogP contribution in [0.25, 0.3) is 0 Å². The van der Waals surface area contributed by atoms with Gasteiger partial charge in [-0.2, -0.15) is 0 Å². The molecule has 0 aliphatic carbocycles. The van der Waals surface area contributed by atoms with Crippen LogP contribution in [0.2, 0.25) is 10.0 Å². The van der Waals surface area contributed by atoms with Crippen molar-refractivity contribution in [3.05, 3.63) is 62.1 Å². The Kier molecular flexibility index (Phi) is 5.38. The molecular weight excluding hydrogens is 357 g/mol. The number of carbonyl (C=O) groups is 2. The van der Waals surface area contributed by atoms with Gasteiger partial charge in [-0.25, -0.2) is 0 Å². The van der Waals surface area contributed by atoms with E-state index in [2.05, 4.69) is 10.6 Å². The fraction of sp³-hybridized carbons (Fsp3) is 0.0667. The van der Waals surface area contributed by atoms with Crippen LogP contribution in [0.15, 0.2) is 36.4 Å². The molecule has 0 heterocycles. The van der Waals surface area contributed by atoms with Crippen molar-refractivity contribution in [2.45, 2.75) is 6.92 Å². The van der Waals surface area contributed by atoms with Gasteiger partial charge in [-0.15, -0.1) is 0 Å².